The molecule has 0 heterocycles. The van der Waals surface area contributed by atoms with Crippen LogP contribution >= 0.6 is 11.6 Å². The molecular weight excluding hydrogens is 346 g/mol. The number of methoxy groups -OCH3 is 1. The molecule has 0 fully saturated rings. The number of rotatable bonds is 8. The molecule has 0 unspecified atom stereocenters. The molecule has 0 radical (unpaired) electrons. The quantitative estimate of drug-likeness (QED) is 0.767. The number of ether oxygens (including phenoxy) is 2. The highest BCUT2D eigenvalue weighted by atomic mass is 35.5. The zero-order valence-corrected chi connectivity index (χ0v) is 14.3. The third-order valence-corrected chi connectivity index (χ3v) is 3.33. The van der Waals surface area contributed by atoms with Crippen LogP contribution in [0.4, 0.5) is 8.78 Å². The molecule has 2 N–H and O–H groups in total. The van der Waals surface area contributed by atoms with E-state index in [0.717, 1.165) is 4.90 Å². The Morgan fingerprint density at radius 2 is 1.96 bits per heavy atom. The van der Waals surface area contributed by atoms with Crippen molar-refractivity contribution in [2.75, 3.05) is 20.3 Å². The second-order valence-electron chi connectivity index (χ2n) is 5.19. The topological polar surface area (TPSA) is 81.9 Å². The molecule has 1 rings (SSSR count). The largest absolute Gasteiger partial charge is 0.493 e. The molecule has 0 saturated heterocycles. The fourth-order valence-electron chi connectivity index (χ4n) is 1.97. The number of carbonyl (C=O) groups is 2. The summed E-state index contributed by atoms with van der Waals surface area (Å²) < 4.78 is 35.6. The first-order valence-corrected chi connectivity index (χ1v) is 7.42. The van der Waals surface area contributed by atoms with Crippen LogP contribution in [0, 0.1) is 0 Å². The van der Waals surface area contributed by atoms with Gasteiger partial charge in [-0.25, -0.2) is 8.78 Å². The number of hydrogen-bond acceptors (Lipinski definition) is 4. The monoisotopic (exact) mass is 364 g/mol. The number of alkyl halides is 2. The smallest absolute Gasteiger partial charge is 0.255 e. The second-order valence-corrected chi connectivity index (χ2v) is 5.59. The number of carbonyl (C=O) groups excluding carboxylic acids is 2. The van der Waals surface area contributed by atoms with Crippen molar-refractivity contribution in [3.8, 4) is 11.5 Å². The fourth-order valence-corrected chi connectivity index (χ4v) is 2.23. The molecule has 1 aromatic carbocycles. The number of nitrogens with two attached hydrogens (primary N) is 1. The van der Waals surface area contributed by atoms with Crippen molar-refractivity contribution >= 4 is 23.4 Å². The third-order valence-electron chi connectivity index (χ3n) is 3.05. The first-order valence-electron chi connectivity index (χ1n) is 7.05. The van der Waals surface area contributed by atoms with Gasteiger partial charge in [-0.3, -0.25) is 9.59 Å². The first-order chi connectivity index (χ1) is 11.2. The summed E-state index contributed by atoms with van der Waals surface area (Å²) in [5.41, 5.74) is 5.07. The van der Waals surface area contributed by atoms with E-state index in [-0.39, 0.29) is 22.1 Å². The van der Waals surface area contributed by atoms with Crippen LogP contribution in [-0.2, 0) is 4.79 Å². The molecule has 0 bridgehead atoms. The molecule has 0 aliphatic heterocycles. The fraction of sp³-hybridized carbons (Fsp3) is 0.467. The predicted octanol–water partition coefficient (Wildman–Crippen LogP) is 2.33. The van der Waals surface area contributed by atoms with Crippen LogP contribution in [0.2, 0.25) is 5.02 Å². The number of hydrogen-bond donors (Lipinski definition) is 1. The molecule has 1 aromatic rings. The minimum Gasteiger partial charge on any atom is -0.493 e. The lowest BCUT2D eigenvalue weighted by Crippen LogP contribution is -2.40. The van der Waals surface area contributed by atoms with E-state index in [4.69, 9.17) is 26.8 Å². The van der Waals surface area contributed by atoms with E-state index in [2.05, 4.69) is 0 Å². The van der Waals surface area contributed by atoms with Crippen LogP contribution in [-0.4, -0.2) is 49.4 Å². The van der Waals surface area contributed by atoms with Gasteiger partial charge in [0.1, 0.15) is 0 Å². The summed E-state index contributed by atoms with van der Waals surface area (Å²) in [6.45, 7) is 2.14. The Balaban J connectivity index is 3.17. The SMILES string of the molecule is COc1cc(C(=O)N(CC(F)F)C(C)C)cc(Cl)c1OCC(N)=O. The lowest BCUT2D eigenvalue weighted by atomic mass is 10.1. The van der Waals surface area contributed by atoms with Crippen molar-refractivity contribution in [1.82, 2.24) is 4.90 Å². The molecule has 0 aliphatic carbocycles. The van der Waals surface area contributed by atoms with E-state index >= 15 is 0 Å². The van der Waals surface area contributed by atoms with Gasteiger partial charge in [-0.15, -0.1) is 0 Å². The van der Waals surface area contributed by atoms with Gasteiger partial charge in [0, 0.05) is 11.6 Å². The van der Waals surface area contributed by atoms with E-state index in [1.807, 2.05) is 0 Å². The summed E-state index contributed by atoms with van der Waals surface area (Å²) in [7, 11) is 1.32. The molecule has 0 saturated carbocycles. The number of halogens is 3. The third kappa shape index (κ3) is 5.23. The van der Waals surface area contributed by atoms with Crippen LogP contribution in [0.5, 0.6) is 11.5 Å². The second kappa shape index (κ2) is 8.68. The van der Waals surface area contributed by atoms with Gasteiger partial charge in [-0.05, 0) is 26.0 Å². The van der Waals surface area contributed by atoms with Crippen molar-refractivity contribution in [3.05, 3.63) is 22.7 Å². The molecule has 0 spiro atoms. The predicted molar refractivity (Wildman–Crippen MR) is 84.9 cm³/mol. The van der Waals surface area contributed by atoms with Crippen LogP contribution in [0.3, 0.4) is 0 Å². The van der Waals surface area contributed by atoms with Crippen molar-refractivity contribution in [3.63, 3.8) is 0 Å². The van der Waals surface area contributed by atoms with Crippen molar-refractivity contribution in [1.29, 1.82) is 0 Å². The zero-order chi connectivity index (χ0) is 18.4. The Morgan fingerprint density at radius 3 is 2.42 bits per heavy atom. The summed E-state index contributed by atoms with van der Waals surface area (Å²) in [4.78, 5) is 24.3. The Morgan fingerprint density at radius 1 is 1.33 bits per heavy atom. The number of benzene rings is 1. The summed E-state index contributed by atoms with van der Waals surface area (Å²) in [6, 6.07) is 2.15. The normalized spacial score (nSPS) is 10.8. The molecule has 24 heavy (non-hydrogen) atoms. The molecule has 9 heteroatoms. The van der Waals surface area contributed by atoms with Gasteiger partial charge in [-0.1, -0.05) is 11.6 Å². The van der Waals surface area contributed by atoms with E-state index in [9.17, 15) is 18.4 Å². The molecule has 6 nitrogen and oxygen atoms in total. The molecule has 2 amide bonds. The molecule has 0 atom stereocenters. The summed E-state index contributed by atoms with van der Waals surface area (Å²) >= 11 is 6.05. The maximum Gasteiger partial charge on any atom is 0.255 e. The highest BCUT2D eigenvalue weighted by Gasteiger charge is 2.24. The average Bonchev–Trinajstić information content (AvgIpc) is 2.49. The van der Waals surface area contributed by atoms with Crippen molar-refractivity contribution in [2.24, 2.45) is 5.73 Å². The standard InChI is InChI=1S/C15H19ClF2N2O4/c1-8(2)20(6-12(17)18)15(22)9-4-10(16)14(11(5-9)23-3)24-7-13(19)21/h4-5,8,12H,6-7H2,1-3H3,(H2,19,21). The van der Waals surface area contributed by atoms with Crippen LogP contribution < -0.4 is 15.2 Å². The molecule has 0 aromatic heterocycles. The van der Waals surface area contributed by atoms with Gasteiger partial charge >= 0.3 is 0 Å². The lowest BCUT2D eigenvalue weighted by Gasteiger charge is -2.27. The van der Waals surface area contributed by atoms with Gasteiger partial charge in [-0.2, -0.15) is 0 Å². The van der Waals surface area contributed by atoms with Gasteiger partial charge in [0.15, 0.2) is 18.1 Å². The van der Waals surface area contributed by atoms with Crippen LogP contribution in [0.25, 0.3) is 0 Å². The van der Waals surface area contributed by atoms with Gasteiger partial charge in [0.25, 0.3) is 18.2 Å². The van der Waals surface area contributed by atoms with E-state index in [1.54, 1.807) is 13.8 Å². The highest BCUT2D eigenvalue weighted by Crippen LogP contribution is 2.36. The molecule has 134 valence electrons. The number of nitrogens with zero attached hydrogens (tertiary/aromatic N) is 1. The highest BCUT2D eigenvalue weighted by molar-refractivity contribution is 6.32. The number of amides is 2. The maximum absolute atomic E-state index is 12.7. The summed E-state index contributed by atoms with van der Waals surface area (Å²) in [6.07, 6.45) is -2.66. The zero-order valence-electron chi connectivity index (χ0n) is 13.5. The summed E-state index contributed by atoms with van der Waals surface area (Å²) in [5, 5.41) is -0.000275. The van der Waals surface area contributed by atoms with Gasteiger partial charge < -0.3 is 20.1 Å². The Hall–Kier alpha value is -2.09. The van der Waals surface area contributed by atoms with Gasteiger partial charge in [0.05, 0.1) is 18.7 Å². The minimum atomic E-state index is -2.66. The average molecular weight is 365 g/mol. The van der Waals surface area contributed by atoms with Crippen molar-refractivity contribution < 1.29 is 27.8 Å². The maximum atomic E-state index is 12.7. The first kappa shape index (κ1) is 20.0. The van der Waals surface area contributed by atoms with E-state index in [1.165, 1.54) is 19.2 Å². The Labute approximate surface area is 143 Å². The van der Waals surface area contributed by atoms with Crippen molar-refractivity contribution in [2.45, 2.75) is 26.3 Å². The molecular formula is C15H19ClF2N2O4. The lowest BCUT2D eigenvalue weighted by molar-refractivity contribution is -0.119. The van der Waals surface area contributed by atoms with E-state index in [0.29, 0.717) is 0 Å². The summed E-state index contributed by atoms with van der Waals surface area (Å²) in [5.74, 6) is -1.20. The van der Waals surface area contributed by atoms with E-state index < -0.39 is 37.4 Å². The van der Waals surface area contributed by atoms with Gasteiger partial charge in [0.2, 0.25) is 0 Å². The Bertz CT molecular complexity index is 611. The number of primary amides is 1. The molecule has 0 aliphatic rings. The van der Waals surface area contributed by atoms with Crippen LogP contribution in [0.1, 0.15) is 24.2 Å². The minimum absolute atomic E-state index is 0.000275. The Kier molecular flexibility index (Phi) is 7.21. The van der Waals surface area contributed by atoms with Crippen LogP contribution in [0.15, 0.2) is 12.1 Å².